The molecule has 0 saturated carbocycles. The highest BCUT2D eigenvalue weighted by atomic mass is 32.2. The van der Waals surface area contributed by atoms with E-state index in [1.165, 1.54) is 0 Å². The van der Waals surface area contributed by atoms with Gasteiger partial charge in [0.05, 0.1) is 16.8 Å². The van der Waals surface area contributed by atoms with Crippen LogP contribution in [0.15, 0.2) is 41.7 Å². The highest BCUT2D eigenvalue weighted by Gasteiger charge is 2.25. The maximum atomic E-state index is 11.6. The first-order chi connectivity index (χ1) is 12.7. The van der Waals surface area contributed by atoms with Crippen molar-refractivity contribution in [2.24, 2.45) is 0 Å². The van der Waals surface area contributed by atoms with E-state index in [0.717, 1.165) is 49.4 Å². The Kier molecular flexibility index (Phi) is 4.53. The van der Waals surface area contributed by atoms with Crippen molar-refractivity contribution in [3.8, 4) is 0 Å². The fraction of sp³-hybridized carbons (Fsp3) is 0.235. The van der Waals surface area contributed by atoms with Crippen molar-refractivity contribution >= 4 is 40.5 Å². The van der Waals surface area contributed by atoms with E-state index < -0.39 is 5.91 Å². The number of imide groups is 1. The van der Waals surface area contributed by atoms with Gasteiger partial charge in [0.15, 0.2) is 5.82 Å². The van der Waals surface area contributed by atoms with Gasteiger partial charge in [0.2, 0.25) is 0 Å². The van der Waals surface area contributed by atoms with Crippen molar-refractivity contribution in [3.05, 3.63) is 47.5 Å². The fourth-order valence-corrected chi connectivity index (χ4v) is 3.53. The lowest BCUT2D eigenvalue weighted by molar-refractivity contribution is -0.115. The van der Waals surface area contributed by atoms with E-state index >= 15 is 0 Å². The van der Waals surface area contributed by atoms with Crippen molar-refractivity contribution in [1.29, 1.82) is 0 Å². The highest BCUT2D eigenvalue weighted by molar-refractivity contribution is 8.18. The maximum absolute atomic E-state index is 11.6. The van der Waals surface area contributed by atoms with Crippen molar-refractivity contribution in [2.45, 2.75) is 0 Å². The molecule has 9 heteroatoms. The van der Waals surface area contributed by atoms with Crippen LogP contribution in [0.25, 0.3) is 6.08 Å². The van der Waals surface area contributed by atoms with Gasteiger partial charge < -0.3 is 9.80 Å². The predicted octanol–water partition coefficient (Wildman–Crippen LogP) is 1.52. The molecule has 2 fully saturated rings. The average Bonchev–Trinajstić information content (AvgIpc) is 3.00. The quantitative estimate of drug-likeness (QED) is 0.816. The molecule has 0 spiro atoms. The number of nitrogens with zero attached hydrogens (tertiary/aromatic N) is 5. The molecule has 1 N–H and O–H groups in total. The van der Waals surface area contributed by atoms with Crippen LogP contribution in [0, 0.1) is 0 Å². The van der Waals surface area contributed by atoms with Crippen molar-refractivity contribution in [2.75, 3.05) is 36.0 Å². The van der Waals surface area contributed by atoms with E-state index in [1.807, 2.05) is 18.3 Å². The van der Waals surface area contributed by atoms with Crippen LogP contribution >= 0.6 is 11.8 Å². The SMILES string of the molecule is O=C1NC(=O)/C(=C\c2nccc(N3CCN(c4cccnc4)CC3)n2)S1. The van der Waals surface area contributed by atoms with E-state index in [2.05, 4.69) is 36.1 Å². The summed E-state index contributed by atoms with van der Waals surface area (Å²) in [5.74, 6) is 0.830. The van der Waals surface area contributed by atoms with Crippen molar-refractivity contribution in [3.63, 3.8) is 0 Å². The van der Waals surface area contributed by atoms with Crippen LogP contribution in [0.4, 0.5) is 16.3 Å². The second-order valence-electron chi connectivity index (χ2n) is 5.81. The van der Waals surface area contributed by atoms with Gasteiger partial charge >= 0.3 is 0 Å². The number of carbonyl (C=O) groups is 2. The molecule has 0 bridgehead atoms. The molecule has 0 aromatic carbocycles. The summed E-state index contributed by atoms with van der Waals surface area (Å²) in [4.78, 5) is 40.6. The summed E-state index contributed by atoms with van der Waals surface area (Å²) in [6, 6.07) is 5.85. The predicted molar refractivity (Wildman–Crippen MR) is 99.8 cm³/mol. The van der Waals surface area contributed by atoms with Gasteiger partial charge in [-0.1, -0.05) is 0 Å². The lowest BCUT2D eigenvalue weighted by atomic mass is 10.2. The summed E-state index contributed by atoms with van der Waals surface area (Å²) in [5, 5.41) is 1.85. The van der Waals surface area contributed by atoms with E-state index in [-0.39, 0.29) is 5.24 Å². The number of pyridine rings is 1. The molecular formula is C17H16N6O2S. The first-order valence-corrected chi connectivity index (χ1v) is 8.98. The number of hydrogen-bond acceptors (Lipinski definition) is 8. The van der Waals surface area contributed by atoms with Gasteiger partial charge in [0, 0.05) is 44.6 Å². The second kappa shape index (κ2) is 7.12. The molecule has 4 rings (SSSR count). The van der Waals surface area contributed by atoms with Crippen LogP contribution in [0.2, 0.25) is 0 Å². The van der Waals surface area contributed by atoms with Crippen LogP contribution in [0.3, 0.4) is 0 Å². The molecule has 26 heavy (non-hydrogen) atoms. The first kappa shape index (κ1) is 16.5. The minimum absolute atomic E-state index is 0.313. The third-order valence-corrected chi connectivity index (χ3v) is 4.99. The number of thioether (sulfide) groups is 1. The summed E-state index contributed by atoms with van der Waals surface area (Å²) in [7, 11) is 0. The number of nitrogens with one attached hydrogen (secondary N) is 1. The maximum Gasteiger partial charge on any atom is 0.290 e. The fourth-order valence-electron chi connectivity index (χ4n) is 2.88. The standard InChI is InChI=1S/C17H16N6O2S/c24-16-13(26-17(25)21-16)10-14-19-5-3-15(20-14)23-8-6-22(7-9-23)12-2-1-4-18-11-12/h1-5,10-11H,6-9H2,(H,21,24,25)/b13-10+. The molecule has 2 amide bonds. The van der Waals surface area contributed by atoms with E-state index in [9.17, 15) is 9.59 Å². The van der Waals surface area contributed by atoms with E-state index in [1.54, 1.807) is 18.5 Å². The van der Waals surface area contributed by atoms with Gasteiger partial charge in [0.1, 0.15) is 5.82 Å². The monoisotopic (exact) mass is 368 g/mol. The number of hydrogen-bond donors (Lipinski definition) is 1. The Labute approximate surface area is 154 Å². The molecule has 0 unspecified atom stereocenters. The number of anilines is 2. The lowest BCUT2D eigenvalue weighted by Crippen LogP contribution is -2.46. The van der Waals surface area contributed by atoms with Crippen LogP contribution in [-0.2, 0) is 4.79 Å². The lowest BCUT2D eigenvalue weighted by Gasteiger charge is -2.36. The smallest absolute Gasteiger partial charge is 0.290 e. The molecule has 2 aromatic heterocycles. The molecule has 2 aliphatic rings. The van der Waals surface area contributed by atoms with Gasteiger partial charge in [-0.2, -0.15) is 0 Å². The summed E-state index contributed by atoms with van der Waals surface area (Å²) >= 11 is 0.863. The number of aromatic nitrogens is 3. The minimum atomic E-state index is -0.404. The topological polar surface area (TPSA) is 91.3 Å². The normalized spacial score (nSPS) is 19.2. The zero-order chi connectivity index (χ0) is 17.9. The van der Waals surface area contributed by atoms with Crippen LogP contribution in [0.5, 0.6) is 0 Å². The highest BCUT2D eigenvalue weighted by Crippen LogP contribution is 2.25. The number of amides is 2. The van der Waals surface area contributed by atoms with Crippen LogP contribution < -0.4 is 15.1 Å². The van der Waals surface area contributed by atoms with Gasteiger partial charge in [-0.15, -0.1) is 0 Å². The summed E-state index contributed by atoms with van der Waals surface area (Å²) in [6.07, 6.45) is 6.85. The molecule has 2 aromatic rings. The Morgan fingerprint density at radius 1 is 1.08 bits per heavy atom. The van der Waals surface area contributed by atoms with E-state index in [4.69, 9.17) is 0 Å². The molecule has 0 atom stereocenters. The Morgan fingerprint density at radius 2 is 1.88 bits per heavy atom. The van der Waals surface area contributed by atoms with Crippen molar-refractivity contribution in [1.82, 2.24) is 20.3 Å². The second-order valence-corrected chi connectivity index (χ2v) is 6.83. The number of rotatable bonds is 3. The van der Waals surface area contributed by atoms with Gasteiger partial charge in [-0.3, -0.25) is 19.9 Å². The van der Waals surface area contributed by atoms with Crippen LogP contribution in [-0.4, -0.2) is 52.3 Å². The Bertz CT molecular complexity index is 865. The Morgan fingerprint density at radius 3 is 2.58 bits per heavy atom. The molecule has 132 valence electrons. The molecule has 0 radical (unpaired) electrons. The molecule has 4 heterocycles. The first-order valence-electron chi connectivity index (χ1n) is 8.17. The Balaban J connectivity index is 1.45. The zero-order valence-electron chi connectivity index (χ0n) is 13.8. The zero-order valence-corrected chi connectivity index (χ0v) is 14.6. The number of carbonyl (C=O) groups excluding carboxylic acids is 2. The van der Waals surface area contributed by atoms with Gasteiger partial charge in [-0.05, 0) is 30.0 Å². The summed E-state index contributed by atoms with van der Waals surface area (Å²) in [5.41, 5.74) is 1.12. The largest absolute Gasteiger partial charge is 0.367 e. The third kappa shape index (κ3) is 3.52. The van der Waals surface area contributed by atoms with Gasteiger partial charge in [0.25, 0.3) is 11.1 Å². The average molecular weight is 368 g/mol. The summed E-state index contributed by atoms with van der Waals surface area (Å²) in [6.45, 7) is 3.41. The molecule has 2 aliphatic heterocycles. The third-order valence-electron chi connectivity index (χ3n) is 4.18. The molecule has 2 saturated heterocycles. The molecule has 0 aliphatic carbocycles. The molecular weight excluding hydrogens is 352 g/mol. The summed E-state index contributed by atoms with van der Waals surface area (Å²) < 4.78 is 0. The number of piperazine rings is 1. The minimum Gasteiger partial charge on any atom is -0.367 e. The van der Waals surface area contributed by atoms with Gasteiger partial charge in [-0.25, -0.2) is 9.97 Å². The Hall–Kier alpha value is -2.94. The molecule has 8 nitrogen and oxygen atoms in total. The van der Waals surface area contributed by atoms with E-state index in [0.29, 0.717) is 10.7 Å². The van der Waals surface area contributed by atoms with Crippen molar-refractivity contribution < 1.29 is 9.59 Å². The van der Waals surface area contributed by atoms with Crippen LogP contribution in [0.1, 0.15) is 5.82 Å².